The molecule has 84 valence electrons. The third-order valence-electron chi connectivity index (χ3n) is 2.34. The van der Waals surface area contributed by atoms with Crippen LogP contribution in [0.4, 0.5) is 0 Å². The largest absolute Gasteiger partial charge is 0.383 e. The Kier molecular flexibility index (Phi) is 3.01. The monoisotopic (exact) mass is 233 g/mol. The molecule has 16 heavy (non-hydrogen) atoms. The third kappa shape index (κ3) is 1.97. The summed E-state index contributed by atoms with van der Waals surface area (Å²) in [6, 6.07) is 5.94. The molecule has 0 atom stereocenters. The van der Waals surface area contributed by atoms with Crippen LogP contribution in [-0.4, -0.2) is 17.4 Å². The van der Waals surface area contributed by atoms with Crippen LogP contribution >= 0.6 is 11.8 Å². The van der Waals surface area contributed by atoms with Crippen molar-refractivity contribution in [2.45, 2.75) is 18.7 Å². The van der Waals surface area contributed by atoms with E-state index < -0.39 is 0 Å². The summed E-state index contributed by atoms with van der Waals surface area (Å²) in [6.45, 7) is 4.37. The predicted octanol–water partition coefficient (Wildman–Crippen LogP) is 2.48. The quantitative estimate of drug-likeness (QED) is 0.788. The van der Waals surface area contributed by atoms with Crippen molar-refractivity contribution in [2.75, 3.05) is 5.75 Å². The molecule has 0 amide bonds. The molecule has 0 fully saturated rings. The van der Waals surface area contributed by atoms with Gasteiger partial charge in [0.1, 0.15) is 5.84 Å². The van der Waals surface area contributed by atoms with Gasteiger partial charge >= 0.3 is 0 Å². The summed E-state index contributed by atoms with van der Waals surface area (Å²) in [5.74, 6) is 2.44. The molecule has 3 N–H and O–H groups in total. The average molecular weight is 233 g/mol. The molecule has 0 unspecified atom stereocenters. The lowest BCUT2D eigenvalue weighted by atomic mass is 10.1. The molecule has 1 heterocycles. The fourth-order valence-corrected chi connectivity index (χ4v) is 2.64. The molecule has 0 saturated carbocycles. The van der Waals surface area contributed by atoms with Crippen molar-refractivity contribution in [1.82, 2.24) is 0 Å². The summed E-state index contributed by atoms with van der Waals surface area (Å²) < 4.78 is 0. The van der Waals surface area contributed by atoms with Crippen molar-refractivity contribution in [3.63, 3.8) is 0 Å². The summed E-state index contributed by atoms with van der Waals surface area (Å²) in [7, 11) is 0. The van der Waals surface area contributed by atoms with Gasteiger partial charge in [-0.1, -0.05) is 26.0 Å². The third-order valence-corrected chi connectivity index (χ3v) is 3.83. The van der Waals surface area contributed by atoms with E-state index in [1.807, 2.05) is 18.2 Å². The first-order valence-electron chi connectivity index (χ1n) is 5.29. The Morgan fingerprint density at radius 3 is 2.88 bits per heavy atom. The lowest BCUT2D eigenvalue weighted by Crippen LogP contribution is -2.10. The number of hydrogen-bond acceptors (Lipinski definition) is 3. The fourth-order valence-electron chi connectivity index (χ4n) is 1.60. The Morgan fingerprint density at radius 2 is 2.19 bits per heavy atom. The van der Waals surface area contributed by atoms with Gasteiger partial charge in [-0.15, -0.1) is 11.8 Å². The van der Waals surface area contributed by atoms with Gasteiger partial charge in [-0.25, -0.2) is 4.99 Å². The van der Waals surface area contributed by atoms with E-state index in [2.05, 4.69) is 18.8 Å². The van der Waals surface area contributed by atoms with Gasteiger partial charge in [0.2, 0.25) is 0 Å². The van der Waals surface area contributed by atoms with Crippen molar-refractivity contribution < 1.29 is 0 Å². The maximum absolute atomic E-state index is 7.81. The molecule has 0 saturated heterocycles. The normalized spacial score (nSPS) is 14.2. The second-order valence-corrected chi connectivity index (χ2v) is 5.29. The predicted molar refractivity (Wildman–Crippen MR) is 69.6 cm³/mol. The van der Waals surface area contributed by atoms with Crippen molar-refractivity contribution in [1.29, 1.82) is 5.41 Å². The van der Waals surface area contributed by atoms with Crippen molar-refractivity contribution in [3.05, 3.63) is 29.3 Å². The molecule has 0 bridgehead atoms. The van der Waals surface area contributed by atoms with Crippen LogP contribution in [0, 0.1) is 11.3 Å². The van der Waals surface area contributed by atoms with Gasteiger partial charge in [-0.05, 0) is 12.0 Å². The van der Waals surface area contributed by atoms with E-state index in [-0.39, 0.29) is 0 Å². The van der Waals surface area contributed by atoms with Crippen LogP contribution in [-0.2, 0) is 0 Å². The highest BCUT2D eigenvalue weighted by atomic mass is 32.2. The van der Waals surface area contributed by atoms with Crippen LogP contribution in [0.5, 0.6) is 0 Å². The first-order chi connectivity index (χ1) is 7.59. The molecule has 1 aliphatic rings. The topological polar surface area (TPSA) is 62.2 Å². The van der Waals surface area contributed by atoms with Crippen LogP contribution < -0.4 is 5.73 Å². The molecule has 0 aliphatic carbocycles. The van der Waals surface area contributed by atoms with Gasteiger partial charge in [0.05, 0.1) is 0 Å². The molecule has 1 aromatic carbocycles. The number of hydrogen-bond donors (Lipinski definition) is 2. The number of nitrogens with one attached hydrogen (secondary N) is 1. The van der Waals surface area contributed by atoms with Crippen LogP contribution in [0.1, 0.15) is 25.0 Å². The van der Waals surface area contributed by atoms with Gasteiger partial charge in [-0.2, -0.15) is 0 Å². The van der Waals surface area contributed by atoms with Gasteiger partial charge in [0.15, 0.2) is 5.84 Å². The number of benzene rings is 1. The van der Waals surface area contributed by atoms with Gasteiger partial charge < -0.3 is 5.73 Å². The van der Waals surface area contributed by atoms with E-state index in [9.17, 15) is 0 Å². The molecule has 1 aromatic rings. The van der Waals surface area contributed by atoms with Gasteiger partial charge in [0, 0.05) is 21.8 Å². The smallest absolute Gasteiger partial charge is 0.156 e. The summed E-state index contributed by atoms with van der Waals surface area (Å²) in [4.78, 5) is 5.12. The zero-order chi connectivity index (χ0) is 11.7. The Balaban J connectivity index is 2.33. The SMILES string of the molecule is CC(C)CSc1cccc2c1C(=N)N=C2N. The van der Waals surface area contributed by atoms with Crippen molar-refractivity contribution in [2.24, 2.45) is 16.6 Å². The van der Waals surface area contributed by atoms with Crippen molar-refractivity contribution in [3.8, 4) is 0 Å². The second kappa shape index (κ2) is 4.29. The molecule has 4 heteroatoms. The van der Waals surface area contributed by atoms with Crippen LogP contribution in [0.15, 0.2) is 28.1 Å². The highest BCUT2D eigenvalue weighted by molar-refractivity contribution is 7.99. The maximum Gasteiger partial charge on any atom is 0.156 e. The van der Waals surface area contributed by atoms with E-state index in [1.165, 1.54) is 0 Å². The summed E-state index contributed by atoms with van der Waals surface area (Å²) >= 11 is 1.77. The lowest BCUT2D eigenvalue weighted by molar-refractivity contribution is 0.750. The van der Waals surface area contributed by atoms with E-state index >= 15 is 0 Å². The van der Waals surface area contributed by atoms with Gasteiger partial charge in [-0.3, -0.25) is 5.41 Å². The molecule has 3 nitrogen and oxygen atoms in total. The fraction of sp³-hybridized carbons (Fsp3) is 0.333. The first-order valence-corrected chi connectivity index (χ1v) is 6.27. The summed E-state index contributed by atoms with van der Waals surface area (Å²) in [6.07, 6.45) is 0. The maximum atomic E-state index is 7.81. The Labute approximate surface area is 99.7 Å². The minimum Gasteiger partial charge on any atom is -0.383 e. The minimum absolute atomic E-state index is 0.291. The lowest BCUT2D eigenvalue weighted by Gasteiger charge is -2.09. The molecule has 0 aromatic heterocycles. The van der Waals surface area contributed by atoms with Gasteiger partial charge in [0.25, 0.3) is 0 Å². The number of fused-ring (bicyclic) bond motifs is 1. The van der Waals surface area contributed by atoms with Crippen LogP contribution in [0.3, 0.4) is 0 Å². The zero-order valence-corrected chi connectivity index (χ0v) is 10.3. The Bertz CT molecular complexity index is 463. The Morgan fingerprint density at radius 1 is 1.44 bits per heavy atom. The standard InChI is InChI=1S/C12H15N3S/c1-7(2)6-16-9-5-3-4-8-10(9)12(14)15-11(8)13/h3-5,7H,6H2,1-2H3,(H3,13,14,15). The highest BCUT2D eigenvalue weighted by Gasteiger charge is 2.21. The van der Waals surface area contributed by atoms with Crippen molar-refractivity contribution >= 4 is 23.4 Å². The Hall–Kier alpha value is -1.29. The van der Waals surface area contributed by atoms with Crippen LogP contribution in [0.25, 0.3) is 0 Å². The average Bonchev–Trinajstić information content (AvgIpc) is 2.52. The number of thioether (sulfide) groups is 1. The van der Waals surface area contributed by atoms with E-state index in [4.69, 9.17) is 11.1 Å². The number of aliphatic imine (C=N–C) groups is 1. The number of rotatable bonds is 3. The zero-order valence-electron chi connectivity index (χ0n) is 9.45. The number of nitrogens with two attached hydrogens (primary N) is 1. The molecule has 2 rings (SSSR count). The highest BCUT2D eigenvalue weighted by Crippen LogP contribution is 2.30. The molecule has 0 spiro atoms. The molecule has 1 aliphatic heterocycles. The summed E-state index contributed by atoms with van der Waals surface area (Å²) in [5, 5.41) is 7.81. The first kappa shape index (κ1) is 11.2. The minimum atomic E-state index is 0.291. The van der Waals surface area contributed by atoms with E-state index in [0.717, 1.165) is 21.8 Å². The molecular weight excluding hydrogens is 218 g/mol. The van der Waals surface area contributed by atoms with Crippen LogP contribution in [0.2, 0.25) is 0 Å². The molecule has 0 radical (unpaired) electrons. The number of amidine groups is 2. The van der Waals surface area contributed by atoms with E-state index in [1.54, 1.807) is 11.8 Å². The second-order valence-electron chi connectivity index (χ2n) is 4.23. The number of nitrogens with zero attached hydrogens (tertiary/aromatic N) is 1. The summed E-state index contributed by atoms with van der Waals surface area (Å²) in [5.41, 5.74) is 7.56. The molecular formula is C12H15N3S. The van der Waals surface area contributed by atoms with E-state index in [0.29, 0.717) is 17.6 Å².